The summed E-state index contributed by atoms with van der Waals surface area (Å²) in [6.07, 6.45) is 0.889. The third-order valence-electron chi connectivity index (χ3n) is 3.79. The molecule has 25 heavy (non-hydrogen) atoms. The predicted molar refractivity (Wildman–Crippen MR) is 103 cm³/mol. The highest BCUT2D eigenvalue weighted by Gasteiger charge is 2.11. The van der Waals surface area contributed by atoms with Gasteiger partial charge in [-0.2, -0.15) is 5.10 Å². The summed E-state index contributed by atoms with van der Waals surface area (Å²) < 4.78 is 11.4. The van der Waals surface area contributed by atoms with E-state index in [1.54, 1.807) is 0 Å². The molecule has 2 aromatic rings. The minimum Gasteiger partial charge on any atom is -0.490 e. The molecule has 0 bridgehead atoms. The maximum atomic E-state index is 5.71. The second-order valence-corrected chi connectivity index (χ2v) is 6.10. The van der Waals surface area contributed by atoms with E-state index in [1.807, 2.05) is 55.5 Å². The van der Waals surface area contributed by atoms with Crippen molar-refractivity contribution >= 4 is 23.0 Å². The number of rotatable bonds is 4. The van der Waals surface area contributed by atoms with Crippen molar-refractivity contribution in [3.8, 4) is 11.5 Å². The predicted octanol–water partition coefficient (Wildman–Crippen LogP) is 3.24. The molecule has 0 fully saturated rings. The van der Waals surface area contributed by atoms with Gasteiger partial charge in [0.1, 0.15) is 0 Å². The summed E-state index contributed by atoms with van der Waals surface area (Å²) in [5.74, 6) is 1.54. The van der Waals surface area contributed by atoms with Crippen LogP contribution in [0.3, 0.4) is 0 Å². The second-order valence-electron chi connectivity index (χ2n) is 5.69. The van der Waals surface area contributed by atoms with Crippen LogP contribution < -0.4 is 20.2 Å². The van der Waals surface area contributed by atoms with E-state index >= 15 is 0 Å². The average Bonchev–Trinajstić information content (AvgIpc) is 2.90. The van der Waals surface area contributed by atoms with E-state index in [0.29, 0.717) is 24.9 Å². The van der Waals surface area contributed by atoms with Crippen molar-refractivity contribution in [2.75, 3.05) is 13.2 Å². The largest absolute Gasteiger partial charge is 0.490 e. The average molecular weight is 355 g/mol. The van der Waals surface area contributed by atoms with Gasteiger partial charge in [-0.1, -0.05) is 30.3 Å². The molecule has 5 nitrogen and oxygen atoms in total. The van der Waals surface area contributed by atoms with Gasteiger partial charge in [0, 0.05) is 18.5 Å². The Hall–Kier alpha value is -2.60. The van der Waals surface area contributed by atoms with Crippen molar-refractivity contribution < 1.29 is 9.47 Å². The highest BCUT2D eigenvalue weighted by molar-refractivity contribution is 7.80. The van der Waals surface area contributed by atoms with E-state index in [1.165, 1.54) is 0 Å². The van der Waals surface area contributed by atoms with Gasteiger partial charge < -0.3 is 14.8 Å². The van der Waals surface area contributed by atoms with Crippen LogP contribution in [0.2, 0.25) is 0 Å². The van der Waals surface area contributed by atoms with E-state index in [9.17, 15) is 0 Å². The second kappa shape index (κ2) is 8.48. The number of ether oxygens (including phenoxy) is 2. The molecule has 0 saturated carbocycles. The number of benzene rings is 2. The zero-order valence-electron chi connectivity index (χ0n) is 14.1. The molecule has 0 spiro atoms. The Morgan fingerprint density at radius 1 is 1.08 bits per heavy atom. The lowest BCUT2D eigenvalue weighted by molar-refractivity contribution is 0.297. The van der Waals surface area contributed by atoms with Crippen LogP contribution in [0.5, 0.6) is 11.5 Å². The van der Waals surface area contributed by atoms with Crippen LogP contribution in [-0.4, -0.2) is 24.0 Å². The molecule has 6 heteroatoms. The molecule has 0 unspecified atom stereocenters. The number of fused-ring (bicyclic) bond motifs is 1. The van der Waals surface area contributed by atoms with Crippen LogP contribution in [-0.2, 0) is 6.54 Å². The Bertz CT molecular complexity index is 763. The first-order valence-electron chi connectivity index (χ1n) is 8.24. The van der Waals surface area contributed by atoms with Crippen molar-refractivity contribution in [2.24, 2.45) is 5.10 Å². The van der Waals surface area contributed by atoms with Gasteiger partial charge in [-0.3, -0.25) is 5.43 Å². The zero-order chi connectivity index (χ0) is 17.5. The van der Waals surface area contributed by atoms with E-state index in [-0.39, 0.29) is 0 Å². The first-order valence-corrected chi connectivity index (χ1v) is 8.65. The summed E-state index contributed by atoms with van der Waals surface area (Å²) >= 11 is 5.26. The molecule has 2 aromatic carbocycles. The first-order chi connectivity index (χ1) is 12.2. The van der Waals surface area contributed by atoms with E-state index in [4.69, 9.17) is 21.7 Å². The van der Waals surface area contributed by atoms with E-state index < -0.39 is 0 Å². The van der Waals surface area contributed by atoms with E-state index in [0.717, 1.165) is 34.8 Å². The molecular weight excluding hydrogens is 334 g/mol. The van der Waals surface area contributed by atoms with Crippen molar-refractivity contribution in [1.82, 2.24) is 10.7 Å². The fourth-order valence-corrected chi connectivity index (χ4v) is 2.52. The van der Waals surface area contributed by atoms with Crippen molar-refractivity contribution in [1.29, 1.82) is 0 Å². The summed E-state index contributed by atoms with van der Waals surface area (Å²) in [6, 6.07) is 15.9. The van der Waals surface area contributed by atoms with Crippen LogP contribution in [0, 0.1) is 0 Å². The molecule has 130 valence electrons. The minimum atomic E-state index is 0.484. The molecule has 0 atom stereocenters. The molecule has 0 aromatic heterocycles. The highest BCUT2D eigenvalue weighted by Crippen LogP contribution is 2.30. The molecule has 2 N–H and O–H groups in total. The van der Waals surface area contributed by atoms with Crippen molar-refractivity contribution in [3.05, 3.63) is 59.7 Å². The quantitative estimate of drug-likeness (QED) is 0.501. The SMILES string of the molecule is C/C(=N/NC(=S)NCc1ccccc1)c1ccc2c(c1)OCCCO2. The Morgan fingerprint density at radius 2 is 1.84 bits per heavy atom. The number of hydrogen-bond acceptors (Lipinski definition) is 4. The van der Waals surface area contributed by atoms with Crippen LogP contribution in [0.4, 0.5) is 0 Å². The van der Waals surface area contributed by atoms with Gasteiger partial charge in [0.2, 0.25) is 0 Å². The van der Waals surface area contributed by atoms with Gasteiger partial charge in [0.05, 0.1) is 18.9 Å². The summed E-state index contributed by atoms with van der Waals surface area (Å²) in [5, 5.41) is 7.96. The molecule has 3 rings (SSSR count). The van der Waals surface area contributed by atoms with Crippen molar-refractivity contribution in [2.45, 2.75) is 19.9 Å². The Kier molecular flexibility index (Phi) is 5.85. The normalized spacial score (nSPS) is 13.7. The molecule has 1 aliphatic rings. The maximum absolute atomic E-state index is 5.71. The van der Waals surface area contributed by atoms with Gasteiger partial charge in [-0.25, -0.2) is 0 Å². The Morgan fingerprint density at radius 3 is 2.64 bits per heavy atom. The molecular formula is C19H21N3O2S. The smallest absolute Gasteiger partial charge is 0.187 e. The molecule has 0 saturated heterocycles. The lowest BCUT2D eigenvalue weighted by Gasteiger charge is -2.10. The number of nitrogens with zero attached hydrogens (tertiary/aromatic N) is 1. The summed E-state index contributed by atoms with van der Waals surface area (Å²) in [4.78, 5) is 0. The number of hydrazone groups is 1. The van der Waals surface area contributed by atoms with Gasteiger partial charge in [-0.05, 0) is 42.9 Å². The summed E-state index contributed by atoms with van der Waals surface area (Å²) in [7, 11) is 0. The van der Waals surface area contributed by atoms with Crippen LogP contribution in [0.1, 0.15) is 24.5 Å². The lowest BCUT2D eigenvalue weighted by atomic mass is 10.1. The Labute approximate surface area is 153 Å². The monoisotopic (exact) mass is 355 g/mol. The van der Waals surface area contributed by atoms with Gasteiger partial charge in [0.15, 0.2) is 16.6 Å². The molecule has 0 radical (unpaired) electrons. The lowest BCUT2D eigenvalue weighted by Crippen LogP contribution is -2.32. The molecule has 1 aliphatic heterocycles. The molecule has 1 heterocycles. The third-order valence-corrected chi connectivity index (χ3v) is 4.02. The summed E-state index contributed by atoms with van der Waals surface area (Å²) in [6.45, 7) is 3.93. The summed E-state index contributed by atoms with van der Waals surface area (Å²) in [5.41, 5.74) is 5.82. The van der Waals surface area contributed by atoms with Gasteiger partial charge in [0.25, 0.3) is 0 Å². The topological polar surface area (TPSA) is 54.9 Å². The fraction of sp³-hybridized carbons (Fsp3) is 0.263. The zero-order valence-corrected chi connectivity index (χ0v) is 14.9. The molecule has 0 amide bonds. The van der Waals surface area contributed by atoms with Crippen LogP contribution in [0.25, 0.3) is 0 Å². The standard InChI is InChI=1S/C19H21N3O2S/c1-14(16-8-9-17-18(12-16)24-11-5-10-23-17)21-22-19(25)20-13-15-6-3-2-4-7-15/h2-4,6-9,12H,5,10-11,13H2,1H3,(H2,20,22,25)/b21-14-. The number of nitrogens with one attached hydrogen (secondary N) is 2. The fourth-order valence-electron chi connectivity index (χ4n) is 2.41. The minimum absolute atomic E-state index is 0.484. The van der Waals surface area contributed by atoms with Gasteiger partial charge >= 0.3 is 0 Å². The Balaban J connectivity index is 1.57. The highest BCUT2D eigenvalue weighted by atomic mass is 32.1. The maximum Gasteiger partial charge on any atom is 0.187 e. The van der Waals surface area contributed by atoms with Crippen LogP contribution >= 0.6 is 12.2 Å². The number of thiocarbonyl (C=S) groups is 1. The van der Waals surface area contributed by atoms with Crippen molar-refractivity contribution in [3.63, 3.8) is 0 Å². The van der Waals surface area contributed by atoms with E-state index in [2.05, 4.69) is 15.8 Å². The van der Waals surface area contributed by atoms with Crippen LogP contribution in [0.15, 0.2) is 53.6 Å². The molecule has 0 aliphatic carbocycles. The first kappa shape index (κ1) is 17.2. The van der Waals surface area contributed by atoms with Gasteiger partial charge in [-0.15, -0.1) is 0 Å². The third kappa shape index (κ3) is 4.93. The number of hydrogen-bond donors (Lipinski definition) is 2.